The predicted octanol–water partition coefficient (Wildman–Crippen LogP) is 3.42. The van der Waals surface area contributed by atoms with Crippen LogP contribution in [0.1, 0.15) is 18.1 Å². The molecule has 0 bridgehead atoms. The van der Waals surface area contributed by atoms with Crippen LogP contribution in [-0.2, 0) is 14.3 Å². The van der Waals surface area contributed by atoms with Gasteiger partial charge in [-0.2, -0.15) is 0 Å². The van der Waals surface area contributed by atoms with E-state index in [1.165, 1.54) is 20.1 Å². The maximum absolute atomic E-state index is 12.2. The van der Waals surface area contributed by atoms with Crippen LogP contribution in [-0.4, -0.2) is 18.8 Å². The number of allylic oxidation sites excluding steroid dienone is 1. The summed E-state index contributed by atoms with van der Waals surface area (Å²) in [7, 11) is 1.41. The average Bonchev–Trinajstić information content (AvgIpc) is 2.61. The van der Waals surface area contributed by atoms with Crippen molar-refractivity contribution in [3.63, 3.8) is 0 Å². The van der Waals surface area contributed by atoms with Gasteiger partial charge in [0.1, 0.15) is 0 Å². The number of rotatable bonds is 6. The number of Topliss-reactive ketones (excluding diaryl/α,β-unsaturated/α-hetero) is 1. The Hall–Kier alpha value is -3.14. The van der Waals surface area contributed by atoms with E-state index in [9.17, 15) is 9.59 Å². The van der Waals surface area contributed by atoms with Crippen LogP contribution < -0.4 is 5.32 Å². The summed E-state index contributed by atoms with van der Waals surface area (Å²) in [6.45, 7) is 1.40. The molecule has 122 valence electrons. The maximum atomic E-state index is 12.2. The van der Waals surface area contributed by atoms with Crippen molar-refractivity contribution in [1.29, 1.82) is 0 Å². The third-order valence-corrected chi connectivity index (χ3v) is 3.29. The van der Waals surface area contributed by atoms with Crippen molar-refractivity contribution in [3.05, 3.63) is 83.6 Å². The molecule has 2 aromatic carbocycles. The lowest BCUT2D eigenvalue weighted by atomic mass is 10.1. The van der Waals surface area contributed by atoms with E-state index < -0.39 is 0 Å². The molecule has 0 radical (unpaired) electrons. The lowest BCUT2D eigenvalue weighted by molar-refractivity contribution is -0.116. The smallest absolute Gasteiger partial charge is 0.248 e. The molecule has 0 unspecified atom stereocenters. The third kappa shape index (κ3) is 4.68. The SMILES string of the molecule is CO/C(C(C)=O)=C(\NC(=O)/C=C/c1ccccc1)c1ccccc1. The van der Waals surface area contributed by atoms with Gasteiger partial charge in [0.05, 0.1) is 12.8 Å². The second-order valence-electron chi connectivity index (χ2n) is 5.06. The van der Waals surface area contributed by atoms with E-state index in [4.69, 9.17) is 4.74 Å². The number of ketones is 1. The zero-order chi connectivity index (χ0) is 17.4. The van der Waals surface area contributed by atoms with Gasteiger partial charge in [-0.3, -0.25) is 9.59 Å². The largest absolute Gasteiger partial charge is 0.491 e. The van der Waals surface area contributed by atoms with Gasteiger partial charge in [-0.15, -0.1) is 0 Å². The molecule has 0 heterocycles. The second-order valence-corrected chi connectivity index (χ2v) is 5.06. The summed E-state index contributed by atoms with van der Waals surface area (Å²) in [5.41, 5.74) is 1.97. The van der Waals surface area contributed by atoms with E-state index in [1.807, 2.05) is 48.5 Å². The molecule has 2 aromatic rings. The second kappa shape index (κ2) is 8.48. The van der Waals surface area contributed by atoms with E-state index in [0.29, 0.717) is 11.3 Å². The quantitative estimate of drug-likeness (QED) is 0.655. The van der Waals surface area contributed by atoms with Crippen molar-refractivity contribution < 1.29 is 14.3 Å². The summed E-state index contributed by atoms with van der Waals surface area (Å²) < 4.78 is 5.18. The molecule has 0 aliphatic rings. The fourth-order valence-corrected chi connectivity index (χ4v) is 2.19. The highest BCUT2D eigenvalue weighted by molar-refractivity contribution is 6.04. The van der Waals surface area contributed by atoms with Gasteiger partial charge in [-0.25, -0.2) is 0 Å². The predicted molar refractivity (Wildman–Crippen MR) is 94.7 cm³/mol. The van der Waals surface area contributed by atoms with Crippen molar-refractivity contribution in [3.8, 4) is 0 Å². The maximum Gasteiger partial charge on any atom is 0.248 e. The first kappa shape index (κ1) is 17.2. The van der Waals surface area contributed by atoms with Crippen LogP contribution >= 0.6 is 0 Å². The van der Waals surface area contributed by atoms with Crippen molar-refractivity contribution >= 4 is 23.5 Å². The highest BCUT2D eigenvalue weighted by Crippen LogP contribution is 2.17. The number of hydrogen-bond acceptors (Lipinski definition) is 3. The molecule has 0 aliphatic heterocycles. The molecule has 0 saturated heterocycles. The van der Waals surface area contributed by atoms with Gasteiger partial charge in [-0.05, 0) is 11.6 Å². The van der Waals surface area contributed by atoms with E-state index in [-0.39, 0.29) is 17.4 Å². The zero-order valence-corrected chi connectivity index (χ0v) is 13.7. The van der Waals surface area contributed by atoms with Crippen molar-refractivity contribution in [2.24, 2.45) is 0 Å². The first-order valence-corrected chi connectivity index (χ1v) is 7.50. The number of carbonyl (C=O) groups is 2. The summed E-state index contributed by atoms with van der Waals surface area (Å²) in [6.07, 6.45) is 3.13. The molecule has 0 fully saturated rings. The van der Waals surface area contributed by atoms with Gasteiger partial charge in [0.25, 0.3) is 0 Å². The van der Waals surface area contributed by atoms with Crippen LogP contribution in [0.15, 0.2) is 72.5 Å². The van der Waals surface area contributed by atoms with Gasteiger partial charge in [0.2, 0.25) is 5.91 Å². The number of ether oxygens (including phenoxy) is 1. The van der Waals surface area contributed by atoms with E-state index in [2.05, 4.69) is 5.32 Å². The van der Waals surface area contributed by atoms with Gasteiger partial charge in [0.15, 0.2) is 11.5 Å². The minimum Gasteiger partial charge on any atom is -0.491 e. The van der Waals surface area contributed by atoms with Gasteiger partial charge in [-0.1, -0.05) is 60.7 Å². The molecule has 1 N–H and O–H groups in total. The number of nitrogens with one attached hydrogen (secondary N) is 1. The minimum absolute atomic E-state index is 0.114. The number of hydrogen-bond donors (Lipinski definition) is 1. The zero-order valence-electron chi connectivity index (χ0n) is 13.7. The summed E-state index contributed by atoms with van der Waals surface area (Å²) in [4.78, 5) is 24.0. The summed E-state index contributed by atoms with van der Waals surface area (Å²) in [6, 6.07) is 18.6. The van der Waals surface area contributed by atoms with Crippen molar-refractivity contribution in [2.45, 2.75) is 6.92 Å². The first-order valence-electron chi connectivity index (χ1n) is 7.50. The van der Waals surface area contributed by atoms with Gasteiger partial charge >= 0.3 is 0 Å². The molecule has 24 heavy (non-hydrogen) atoms. The Labute approximate surface area is 141 Å². The fraction of sp³-hybridized carbons (Fsp3) is 0.100. The molecule has 0 atom stereocenters. The molecule has 0 spiro atoms. The number of carbonyl (C=O) groups excluding carboxylic acids is 2. The van der Waals surface area contributed by atoms with Crippen LogP contribution in [0.5, 0.6) is 0 Å². The molecule has 1 amide bonds. The highest BCUT2D eigenvalue weighted by atomic mass is 16.5. The lowest BCUT2D eigenvalue weighted by Gasteiger charge is -2.13. The van der Waals surface area contributed by atoms with Gasteiger partial charge in [0, 0.05) is 18.6 Å². The standard InChI is InChI=1S/C20H19NO3/c1-15(22)20(24-2)19(17-11-7-4-8-12-17)21-18(23)14-13-16-9-5-3-6-10-16/h3-14H,1-2H3,(H,21,23)/b14-13+,20-19-. The molecule has 2 rings (SSSR count). The van der Waals surface area contributed by atoms with Gasteiger partial charge < -0.3 is 10.1 Å². The molecule has 4 heteroatoms. The Morgan fingerprint density at radius 1 is 0.958 bits per heavy atom. The summed E-state index contributed by atoms with van der Waals surface area (Å²) >= 11 is 0. The Kier molecular flexibility index (Phi) is 6.08. The Morgan fingerprint density at radius 3 is 2.08 bits per heavy atom. The van der Waals surface area contributed by atoms with Crippen LogP contribution in [0, 0.1) is 0 Å². The lowest BCUT2D eigenvalue weighted by Crippen LogP contribution is -2.23. The molecule has 0 aromatic heterocycles. The monoisotopic (exact) mass is 321 g/mol. The number of benzene rings is 2. The van der Waals surface area contributed by atoms with Crippen LogP contribution in [0.25, 0.3) is 11.8 Å². The van der Waals surface area contributed by atoms with E-state index in [0.717, 1.165) is 5.56 Å². The highest BCUT2D eigenvalue weighted by Gasteiger charge is 2.16. The van der Waals surface area contributed by atoms with E-state index >= 15 is 0 Å². The molecule has 0 saturated carbocycles. The van der Waals surface area contributed by atoms with E-state index in [1.54, 1.807) is 18.2 Å². The topological polar surface area (TPSA) is 55.4 Å². The van der Waals surface area contributed by atoms with Crippen LogP contribution in [0.3, 0.4) is 0 Å². The Morgan fingerprint density at radius 2 is 1.54 bits per heavy atom. The third-order valence-electron chi connectivity index (χ3n) is 3.29. The first-order chi connectivity index (χ1) is 11.6. The molecular weight excluding hydrogens is 302 g/mol. The van der Waals surface area contributed by atoms with Crippen molar-refractivity contribution in [2.75, 3.05) is 7.11 Å². The van der Waals surface area contributed by atoms with Crippen molar-refractivity contribution in [1.82, 2.24) is 5.32 Å². The Balaban J connectivity index is 2.28. The summed E-state index contributed by atoms with van der Waals surface area (Å²) in [5, 5.41) is 2.74. The number of amides is 1. The Bertz CT molecular complexity index is 762. The van der Waals surface area contributed by atoms with Crippen LogP contribution in [0.2, 0.25) is 0 Å². The molecular formula is C20H19NO3. The average molecular weight is 321 g/mol. The normalized spacial score (nSPS) is 11.8. The minimum atomic E-state index is -0.339. The number of methoxy groups -OCH3 is 1. The summed E-state index contributed by atoms with van der Waals surface area (Å²) in [5.74, 6) is -0.486. The molecule has 4 nitrogen and oxygen atoms in total. The molecule has 0 aliphatic carbocycles. The fourth-order valence-electron chi connectivity index (χ4n) is 2.19. The van der Waals surface area contributed by atoms with Crippen LogP contribution in [0.4, 0.5) is 0 Å².